The van der Waals surface area contributed by atoms with E-state index in [0.29, 0.717) is 0 Å². The molecule has 1 heterocycles. The molecule has 0 atom stereocenters. The second-order valence-corrected chi connectivity index (χ2v) is 6.21. The van der Waals surface area contributed by atoms with Gasteiger partial charge in [-0.25, -0.2) is 0 Å². The van der Waals surface area contributed by atoms with Crippen molar-refractivity contribution in [1.29, 1.82) is 0 Å². The summed E-state index contributed by atoms with van der Waals surface area (Å²) in [7, 11) is 0. The van der Waals surface area contributed by atoms with Gasteiger partial charge in [0.1, 0.15) is 0 Å². The van der Waals surface area contributed by atoms with Gasteiger partial charge in [0.25, 0.3) is 0 Å². The Kier molecular flexibility index (Phi) is 3.45. The zero-order chi connectivity index (χ0) is 13.1. The van der Waals surface area contributed by atoms with E-state index < -0.39 is 0 Å². The Morgan fingerprint density at radius 2 is 1.74 bits per heavy atom. The van der Waals surface area contributed by atoms with Crippen LogP contribution in [0.15, 0.2) is 54.9 Å². The fourth-order valence-electron chi connectivity index (χ4n) is 1.91. The third-order valence-corrected chi connectivity index (χ3v) is 5.14. The maximum atomic E-state index is 5.97. The Hall–Kier alpha value is -1.90. The first-order chi connectivity index (χ1) is 9.34. The van der Waals surface area contributed by atoms with Crippen LogP contribution >= 0.6 is 0 Å². The molecule has 94 valence electrons. The molecule has 3 rings (SSSR count). The van der Waals surface area contributed by atoms with Crippen LogP contribution in [-0.2, 0) is 5.32 Å². The van der Waals surface area contributed by atoms with Crippen LogP contribution < -0.4 is 10.3 Å². The molecule has 0 spiro atoms. The Bertz CT molecular complexity index is 707. The summed E-state index contributed by atoms with van der Waals surface area (Å²) in [6, 6.07) is 16.2. The van der Waals surface area contributed by atoms with Crippen molar-refractivity contribution in [3.63, 3.8) is 0 Å². The van der Waals surface area contributed by atoms with Gasteiger partial charge in [-0.1, -0.05) is 0 Å². The Morgan fingerprint density at radius 3 is 2.63 bits per heavy atom. The molecule has 0 saturated heterocycles. The second-order valence-electron chi connectivity index (χ2n) is 4.18. The van der Waals surface area contributed by atoms with Crippen LogP contribution in [-0.4, -0.2) is 24.9 Å². The van der Waals surface area contributed by atoms with Gasteiger partial charge in [0, 0.05) is 0 Å². The summed E-state index contributed by atoms with van der Waals surface area (Å²) in [5.74, 6) is 0. The number of anilines is 1. The summed E-state index contributed by atoms with van der Waals surface area (Å²) in [6.45, 7) is 0. The molecule has 4 heteroatoms. The molecular formula is C15H13N3Se. The molecule has 0 aliphatic carbocycles. The van der Waals surface area contributed by atoms with Gasteiger partial charge >= 0.3 is 118 Å². The van der Waals surface area contributed by atoms with Crippen molar-refractivity contribution in [2.24, 2.45) is 0 Å². The van der Waals surface area contributed by atoms with Gasteiger partial charge in [0.2, 0.25) is 0 Å². The number of nitrogens with two attached hydrogens (primary N) is 1. The molecule has 0 saturated carbocycles. The average molecular weight is 314 g/mol. The number of nitrogens with zero attached hydrogens (tertiary/aromatic N) is 2. The minimum atomic E-state index is 0.262. The molecule has 19 heavy (non-hydrogen) atoms. The fraction of sp³-hybridized carbons (Fsp3) is 0.0667. The molecule has 2 aromatic carbocycles. The summed E-state index contributed by atoms with van der Waals surface area (Å²) in [5, 5.41) is 2.11. The number of hydrogen-bond donors (Lipinski definition) is 1. The van der Waals surface area contributed by atoms with E-state index in [9.17, 15) is 0 Å². The van der Waals surface area contributed by atoms with Crippen molar-refractivity contribution in [2.45, 2.75) is 5.32 Å². The normalized spacial score (nSPS) is 10.7. The summed E-state index contributed by atoms with van der Waals surface area (Å²) >= 11 is 0.262. The van der Waals surface area contributed by atoms with Gasteiger partial charge in [-0.3, -0.25) is 0 Å². The number of rotatable bonds is 3. The molecule has 0 bridgehead atoms. The molecule has 0 unspecified atom stereocenters. The number of hydrogen-bond acceptors (Lipinski definition) is 3. The standard InChI is InChI=1S/C15H13N3Se/c16-13-7-3-1-5-11(13)9-19-15-12-6-2-4-8-14(12)17-10-18-15/h1-8,10H,9,16H2. The van der Waals surface area contributed by atoms with Crippen LogP contribution in [0.1, 0.15) is 5.56 Å². The Morgan fingerprint density at radius 1 is 0.947 bits per heavy atom. The van der Waals surface area contributed by atoms with Crippen molar-refractivity contribution in [1.82, 2.24) is 9.97 Å². The SMILES string of the molecule is Nc1ccccc1C[Se]c1ncnc2ccccc12. The molecule has 3 nitrogen and oxygen atoms in total. The Labute approximate surface area is 118 Å². The summed E-state index contributed by atoms with van der Waals surface area (Å²) < 4.78 is 1.14. The summed E-state index contributed by atoms with van der Waals surface area (Å²) in [5.41, 5.74) is 9.05. The molecular weight excluding hydrogens is 301 g/mol. The van der Waals surface area contributed by atoms with E-state index in [0.717, 1.165) is 26.5 Å². The molecule has 0 aliphatic heterocycles. The predicted octanol–water partition coefficient (Wildman–Crippen LogP) is 1.74. The van der Waals surface area contributed by atoms with E-state index in [1.54, 1.807) is 6.33 Å². The van der Waals surface area contributed by atoms with E-state index in [-0.39, 0.29) is 15.0 Å². The van der Waals surface area contributed by atoms with E-state index in [1.165, 1.54) is 5.56 Å². The number of fused-ring (bicyclic) bond motifs is 1. The molecule has 1 aromatic heterocycles. The van der Waals surface area contributed by atoms with Gasteiger partial charge < -0.3 is 0 Å². The van der Waals surface area contributed by atoms with Gasteiger partial charge in [-0.05, 0) is 0 Å². The van der Waals surface area contributed by atoms with Gasteiger partial charge in [-0.15, -0.1) is 0 Å². The van der Waals surface area contributed by atoms with Crippen molar-refractivity contribution >= 4 is 36.1 Å². The summed E-state index contributed by atoms with van der Waals surface area (Å²) in [6.07, 6.45) is 1.65. The molecule has 3 aromatic rings. The van der Waals surface area contributed by atoms with Crippen LogP contribution in [0.2, 0.25) is 0 Å². The zero-order valence-electron chi connectivity index (χ0n) is 10.3. The fourth-order valence-corrected chi connectivity index (χ4v) is 4.02. The molecule has 0 fully saturated rings. The van der Waals surface area contributed by atoms with Crippen LogP contribution in [0.3, 0.4) is 0 Å². The number of nitrogen functional groups attached to an aromatic ring is 1. The third-order valence-electron chi connectivity index (χ3n) is 2.93. The molecule has 0 amide bonds. The van der Waals surface area contributed by atoms with E-state index in [1.807, 2.05) is 36.4 Å². The van der Waals surface area contributed by atoms with Crippen LogP contribution in [0, 0.1) is 0 Å². The van der Waals surface area contributed by atoms with E-state index >= 15 is 0 Å². The quantitative estimate of drug-likeness (QED) is 0.592. The molecule has 2 N–H and O–H groups in total. The van der Waals surface area contributed by atoms with Gasteiger partial charge in [0.05, 0.1) is 0 Å². The molecule has 0 aliphatic rings. The van der Waals surface area contributed by atoms with Crippen LogP contribution in [0.5, 0.6) is 0 Å². The van der Waals surface area contributed by atoms with E-state index in [4.69, 9.17) is 5.73 Å². The van der Waals surface area contributed by atoms with Crippen molar-refractivity contribution < 1.29 is 0 Å². The first kappa shape index (κ1) is 12.1. The number of benzene rings is 2. The zero-order valence-corrected chi connectivity index (χ0v) is 12.0. The average Bonchev–Trinajstić information content (AvgIpc) is 2.46. The number of aromatic nitrogens is 2. The predicted molar refractivity (Wildman–Crippen MR) is 79.5 cm³/mol. The monoisotopic (exact) mass is 315 g/mol. The first-order valence-corrected chi connectivity index (χ1v) is 8.07. The minimum absolute atomic E-state index is 0.262. The summed E-state index contributed by atoms with van der Waals surface area (Å²) in [4.78, 5) is 8.72. The van der Waals surface area contributed by atoms with Gasteiger partial charge in [-0.2, -0.15) is 0 Å². The second kappa shape index (κ2) is 5.39. The topological polar surface area (TPSA) is 51.8 Å². The van der Waals surface area contributed by atoms with E-state index in [2.05, 4.69) is 22.1 Å². The third kappa shape index (κ3) is 2.60. The van der Waals surface area contributed by atoms with Gasteiger partial charge in [0.15, 0.2) is 0 Å². The van der Waals surface area contributed by atoms with Crippen molar-refractivity contribution in [3.05, 3.63) is 60.4 Å². The molecule has 0 radical (unpaired) electrons. The first-order valence-electron chi connectivity index (χ1n) is 6.00. The number of para-hydroxylation sites is 2. The Balaban J connectivity index is 1.88. The van der Waals surface area contributed by atoms with Crippen molar-refractivity contribution in [2.75, 3.05) is 5.73 Å². The maximum absolute atomic E-state index is 5.97. The van der Waals surface area contributed by atoms with Crippen LogP contribution in [0.25, 0.3) is 10.9 Å². The van der Waals surface area contributed by atoms with Crippen molar-refractivity contribution in [3.8, 4) is 0 Å². The van der Waals surface area contributed by atoms with Crippen LogP contribution in [0.4, 0.5) is 5.69 Å².